The third kappa shape index (κ3) is 2.06. The molecule has 0 heterocycles. The van der Waals surface area contributed by atoms with Crippen LogP contribution in [0, 0.1) is 0 Å². The summed E-state index contributed by atoms with van der Waals surface area (Å²) >= 11 is 0. The van der Waals surface area contributed by atoms with Crippen LogP contribution in [0.15, 0.2) is 24.3 Å². The number of hydrogen-bond acceptors (Lipinski definition) is 2. The fraction of sp³-hybridized carbons (Fsp3) is 0.538. The molecule has 0 bridgehead atoms. The Morgan fingerprint density at radius 3 is 2.53 bits per heavy atom. The van der Waals surface area contributed by atoms with E-state index in [-0.39, 0.29) is 6.04 Å². The van der Waals surface area contributed by atoms with Crippen molar-refractivity contribution in [1.29, 1.82) is 0 Å². The van der Waals surface area contributed by atoms with Gasteiger partial charge in [-0.1, -0.05) is 30.7 Å². The summed E-state index contributed by atoms with van der Waals surface area (Å²) in [5.41, 5.74) is 8.07. The normalized spacial score (nSPS) is 20.7. The largest absolute Gasteiger partial charge is 0.387 e. The van der Waals surface area contributed by atoms with E-state index >= 15 is 0 Å². The zero-order chi connectivity index (χ0) is 10.8. The summed E-state index contributed by atoms with van der Waals surface area (Å²) in [4.78, 5) is 0. The van der Waals surface area contributed by atoms with Crippen LogP contribution in [0.2, 0.25) is 0 Å². The molecule has 1 fully saturated rings. The van der Waals surface area contributed by atoms with Gasteiger partial charge in [-0.15, -0.1) is 0 Å². The van der Waals surface area contributed by atoms with Crippen LogP contribution in [-0.2, 0) is 0 Å². The van der Waals surface area contributed by atoms with Crippen LogP contribution < -0.4 is 5.73 Å². The van der Waals surface area contributed by atoms with Crippen LogP contribution in [0.25, 0.3) is 0 Å². The van der Waals surface area contributed by atoms with Crippen molar-refractivity contribution >= 4 is 0 Å². The SMILES string of the molecule is CC(N)C(O)c1ccccc1C1CCC1. The number of nitrogens with two attached hydrogens (primary N) is 1. The number of aliphatic hydroxyl groups is 1. The van der Waals surface area contributed by atoms with Gasteiger partial charge in [-0.2, -0.15) is 0 Å². The first kappa shape index (κ1) is 10.7. The second-order valence-corrected chi connectivity index (χ2v) is 4.56. The number of benzene rings is 1. The van der Waals surface area contributed by atoms with Crippen LogP contribution in [0.5, 0.6) is 0 Å². The first-order chi connectivity index (χ1) is 7.20. The van der Waals surface area contributed by atoms with Crippen molar-refractivity contribution in [2.24, 2.45) is 5.73 Å². The van der Waals surface area contributed by atoms with Crippen molar-refractivity contribution in [3.8, 4) is 0 Å². The zero-order valence-electron chi connectivity index (χ0n) is 9.19. The Bertz CT molecular complexity index is 331. The van der Waals surface area contributed by atoms with Crippen LogP contribution in [0.1, 0.15) is 49.3 Å². The smallest absolute Gasteiger partial charge is 0.0940 e. The molecule has 0 aliphatic heterocycles. The highest BCUT2D eigenvalue weighted by Crippen LogP contribution is 2.39. The van der Waals surface area contributed by atoms with Gasteiger partial charge in [0.05, 0.1) is 6.10 Å². The molecule has 1 saturated carbocycles. The number of aliphatic hydroxyl groups excluding tert-OH is 1. The molecule has 0 amide bonds. The second kappa shape index (κ2) is 4.33. The van der Waals surface area contributed by atoms with Crippen LogP contribution in [0.3, 0.4) is 0 Å². The molecule has 2 rings (SSSR count). The average Bonchev–Trinajstić information content (AvgIpc) is 2.15. The lowest BCUT2D eigenvalue weighted by molar-refractivity contribution is 0.151. The van der Waals surface area contributed by atoms with Crippen molar-refractivity contribution in [2.45, 2.75) is 44.2 Å². The molecule has 3 N–H and O–H groups in total. The van der Waals surface area contributed by atoms with Crippen molar-refractivity contribution in [3.05, 3.63) is 35.4 Å². The van der Waals surface area contributed by atoms with Crippen molar-refractivity contribution in [1.82, 2.24) is 0 Å². The molecule has 0 saturated heterocycles. The minimum absolute atomic E-state index is 0.203. The first-order valence-corrected chi connectivity index (χ1v) is 5.72. The molecule has 1 aromatic rings. The second-order valence-electron chi connectivity index (χ2n) is 4.56. The Labute approximate surface area is 91.1 Å². The maximum atomic E-state index is 10.0. The van der Waals surface area contributed by atoms with Gasteiger partial charge in [-0.05, 0) is 36.8 Å². The van der Waals surface area contributed by atoms with Crippen molar-refractivity contribution < 1.29 is 5.11 Å². The van der Waals surface area contributed by atoms with E-state index in [9.17, 15) is 5.11 Å². The van der Waals surface area contributed by atoms with Crippen LogP contribution >= 0.6 is 0 Å². The Balaban J connectivity index is 2.28. The Kier molecular flexibility index (Phi) is 3.08. The first-order valence-electron chi connectivity index (χ1n) is 5.72. The molecule has 82 valence electrons. The molecule has 2 heteroatoms. The lowest BCUT2D eigenvalue weighted by atomic mass is 9.77. The summed E-state index contributed by atoms with van der Waals surface area (Å²) in [5, 5.41) is 10.0. The van der Waals surface area contributed by atoms with Gasteiger partial charge in [0.15, 0.2) is 0 Å². The van der Waals surface area contributed by atoms with Gasteiger partial charge >= 0.3 is 0 Å². The molecule has 2 atom stereocenters. The predicted molar refractivity (Wildman–Crippen MR) is 61.6 cm³/mol. The van der Waals surface area contributed by atoms with Gasteiger partial charge in [0.2, 0.25) is 0 Å². The summed E-state index contributed by atoms with van der Waals surface area (Å²) in [5.74, 6) is 0.648. The Morgan fingerprint density at radius 2 is 2.00 bits per heavy atom. The maximum absolute atomic E-state index is 10.0. The number of hydrogen-bond donors (Lipinski definition) is 2. The maximum Gasteiger partial charge on any atom is 0.0940 e. The zero-order valence-corrected chi connectivity index (χ0v) is 9.19. The quantitative estimate of drug-likeness (QED) is 0.795. The number of rotatable bonds is 3. The molecule has 2 unspecified atom stereocenters. The van der Waals surface area contributed by atoms with E-state index in [2.05, 4.69) is 6.07 Å². The minimum Gasteiger partial charge on any atom is -0.387 e. The fourth-order valence-electron chi connectivity index (χ4n) is 2.15. The molecule has 1 aromatic carbocycles. The fourth-order valence-corrected chi connectivity index (χ4v) is 2.15. The summed E-state index contributed by atoms with van der Waals surface area (Å²) in [6.07, 6.45) is 3.29. The molecule has 1 aliphatic rings. The summed E-state index contributed by atoms with van der Waals surface area (Å²) < 4.78 is 0. The van der Waals surface area contributed by atoms with E-state index in [1.54, 1.807) is 0 Å². The summed E-state index contributed by atoms with van der Waals surface area (Å²) in [7, 11) is 0. The summed E-state index contributed by atoms with van der Waals surface area (Å²) in [6.45, 7) is 1.85. The topological polar surface area (TPSA) is 46.2 Å². The molecule has 0 radical (unpaired) electrons. The molecular weight excluding hydrogens is 186 g/mol. The van der Waals surface area contributed by atoms with Crippen molar-refractivity contribution in [2.75, 3.05) is 0 Å². The third-order valence-electron chi connectivity index (χ3n) is 3.36. The monoisotopic (exact) mass is 205 g/mol. The molecular formula is C13H19NO. The van der Waals surface area contributed by atoms with E-state index in [1.165, 1.54) is 24.8 Å². The average molecular weight is 205 g/mol. The molecule has 0 spiro atoms. The highest BCUT2D eigenvalue weighted by atomic mass is 16.3. The van der Waals surface area contributed by atoms with E-state index < -0.39 is 6.10 Å². The molecule has 1 aliphatic carbocycles. The van der Waals surface area contributed by atoms with E-state index in [0.717, 1.165) is 5.56 Å². The summed E-state index contributed by atoms with van der Waals surface area (Å²) in [6, 6.07) is 7.95. The molecule has 0 aromatic heterocycles. The van der Waals surface area contributed by atoms with Crippen LogP contribution in [0.4, 0.5) is 0 Å². The van der Waals surface area contributed by atoms with Gasteiger partial charge in [-0.25, -0.2) is 0 Å². The van der Waals surface area contributed by atoms with Gasteiger partial charge in [0.25, 0.3) is 0 Å². The highest BCUT2D eigenvalue weighted by molar-refractivity contribution is 5.34. The highest BCUT2D eigenvalue weighted by Gasteiger charge is 2.25. The van der Waals surface area contributed by atoms with Crippen molar-refractivity contribution in [3.63, 3.8) is 0 Å². The predicted octanol–water partition coefficient (Wildman–Crippen LogP) is 2.33. The standard InChI is InChI=1S/C13H19NO/c1-9(14)13(15)12-8-3-2-7-11(12)10-5-4-6-10/h2-3,7-10,13,15H,4-6,14H2,1H3. The molecule has 2 nitrogen and oxygen atoms in total. The van der Waals surface area contributed by atoms with E-state index in [0.29, 0.717) is 5.92 Å². The third-order valence-corrected chi connectivity index (χ3v) is 3.36. The Morgan fingerprint density at radius 1 is 1.33 bits per heavy atom. The Hall–Kier alpha value is -0.860. The van der Waals surface area contributed by atoms with Gasteiger partial charge in [0, 0.05) is 6.04 Å². The van der Waals surface area contributed by atoms with E-state index in [4.69, 9.17) is 5.73 Å². The molecule has 15 heavy (non-hydrogen) atoms. The lowest BCUT2D eigenvalue weighted by Gasteiger charge is -2.30. The van der Waals surface area contributed by atoms with E-state index in [1.807, 2.05) is 25.1 Å². The van der Waals surface area contributed by atoms with Crippen LogP contribution in [-0.4, -0.2) is 11.1 Å². The lowest BCUT2D eigenvalue weighted by Crippen LogP contribution is -2.26. The van der Waals surface area contributed by atoms with Gasteiger partial charge in [-0.3, -0.25) is 0 Å². The minimum atomic E-state index is -0.526. The van der Waals surface area contributed by atoms with Gasteiger partial charge < -0.3 is 10.8 Å². The van der Waals surface area contributed by atoms with Gasteiger partial charge in [0.1, 0.15) is 0 Å².